The Labute approximate surface area is 134 Å². The quantitative estimate of drug-likeness (QED) is 0.868. The van der Waals surface area contributed by atoms with Crippen molar-refractivity contribution in [1.82, 2.24) is 9.78 Å². The second kappa shape index (κ2) is 7.09. The lowest BCUT2D eigenvalue weighted by Gasteiger charge is -2.16. The zero-order valence-corrected chi connectivity index (χ0v) is 14.4. The van der Waals surface area contributed by atoms with Gasteiger partial charge in [-0.2, -0.15) is 5.10 Å². The molecule has 0 fully saturated rings. The van der Waals surface area contributed by atoms with Gasteiger partial charge in [-0.25, -0.2) is 0 Å². The lowest BCUT2D eigenvalue weighted by molar-refractivity contribution is 0.289. The summed E-state index contributed by atoms with van der Waals surface area (Å²) in [6.45, 7) is 4.57. The van der Waals surface area contributed by atoms with Gasteiger partial charge in [0.2, 0.25) is 0 Å². The zero-order chi connectivity index (χ0) is 15.4. The summed E-state index contributed by atoms with van der Waals surface area (Å²) < 4.78 is 8.84. The Hall–Kier alpha value is -1.33. The van der Waals surface area contributed by atoms with Crippen molar-refractivity contribution in [3.63, 3.8) is 0 Å². The SMILES string of the molecule is CCC(N)Cc1cccc(Br)c1OCc1cc(C)nn1C. The summed E-state index contributed by atoms with van der Waals surface area (Å²) in [6, 6.07) is 8.27. The Morgan fingerprint density at radius 3 is 2.81 bits per heavy atom. The van der Waals surface area contributed by atoms with Gasteiger partial charge in [0.05, 0.1) is 15.9 Å². The molecule has 21 heavy (non-hydrogen) atoms. The lowest BCUT2D eigenvalue weighted by Crippen LogP contribution is -2.21. The van der Waals surface area contributed by atoms with E-state index in [-0.39, 0.29) is 6.04 Å². The van der Waals surface area contributed by atoms with Crippen molar-refractivity contribution in [3.05, 3.63) is 45.7 Å². The first-order chi connectivity index (χ1) is 10.0. The molecule has 0 amide bonds. The Morgan fingerprint density at radius 1 is 1.43 bits per heavy atom. The summed E-state index contributed by atoms with van der Waals surface area (Å²) in [7, 11) is 1.93. The van der Waals surface area contributed by atoms with E-state index in [1.165, 1.54) is 0 Å². The average Bonchev–Trinajstić information content (AvgIpc) is 2.76. The Kier molecular flexibility index (Phi) is 5.42. The van der Waals surface area contributed by atoms with Crippen molar-refractivity contribution < 1.29 is 4.74 Å². The third-order valence-electron chi connectivity index (χ3n) is 3.52. The summed E-state index contributed by atoms with van der Waals surface area (Å²) in [5.74, 6) is 0.875. The Balaban J connectivity index is 2.16. The molecule has 1 unspecified atom stereocenters. The van der Waals surface area contributed by atoms with Crippen molar-refractivity contribution in [2.24, 2.45) is 12.8 Å². The highest BCUT2D eigenvalue weighted by atomic mass is 79.9. The third kappa shape index (κ3) is 4.08. The highest BCUT2D eigenvalue weighted by molar-refractivity contribution is 9.10. The van der Waals surface area contributed by atoms with Crippen molar-refractivity contribution in [2.45, 2.75) is 39.3 Å². The molecule has 4 nitrogen and oxygen atoms in total. The van der Waals surface area contributed by atoms with Crippen LogP contribution in [-0.4, -0.2) is 15.8 Å². The molecule has 0 aliphatic heterocycles. The second-order valence-corrected chi connectivity index (χ2v) is 6.14. The normalized spacial score (nSPS) is 12.4. The van der Waals surface area contributed by atoms with E-state index in [1.54, 1.807) is 0 Å². The summed E-state index contributed by atoms with van der Waals surface area (Å²) in [4.78, 5) is 0. The van der Waals surface area contributed by atoms with Crippen LogP contribution in [0.15, 0.2) is 28.7 Å². The molecule has 2 N–H and O–H groups in total. The molecular formula is C16H22BrN3O. The van der Waals surface area contributed by atoms with Crippen LogP contribution >= 0.6 is 15.9 Å². The van der Waals surface area contributed by atoms with Gasteiger partial charge < -0.3 is 10.5 Å². The summed E-state index contributed by atoms with van der Waals surface area (Å²) in [5, 5.41) is 4.33. The van der Waals surface area contributed by atoms with Crippen LogP contribution in [0.3, 0.4) is 0 Å². The molecule has 5 heteroatoms. The molecule has 0 spiro atoms. The van der Waals surface area contributed by atoms with E-state index in [4.69, 9.17) is 10.5 Å². The van der Waals surface area contributed by atoms with Crippen molar-refractivity contribution in [1.29, 1.82) is 0 Å². The fourth-order valence-corrected chi connectivity index (χ4v) is 2.77. The van der Waals surface area contributed by atoms with Crippen molar-refractivity contribution in [3.8, 4) is 5.75 Å². The molecule has 1 atom stereocenters. The average molecular weight is 352 g/mol. The van der Waals surface area contributed by atoms with E-state index in [0.29, 0.717) is 6.61 Å². The van der Waals surface area contributed by atoms with Gasteiger partial charge in [0.15, 0.2) is 0 Å². The number of hydrogen-bond donors (Lipinski definition) is 1. The number of nitrogens with zero attached hydrogens (tertiary/aromatic N) is 2. The van der Waals surface area contributed by atoms with Crippen LogP contribution in [0, 0.1) is 6.92 Å². The minimum Gasteiger partial charge on any atom is -0.486 e. The zero-order valence-electron chi connectivity index (χ0n) is 12.8. The van der Waals surface area contributed by atoms with Gasteiger partial charge >= 0.3 is 0 Å². The molecule has 0 aliphatic carbocycles. The molecule has 0 saturated carbocycles. The maximum absolute atomic E-state index is 6.07. The van der Waals surface area contributed by atoms with E-state index in [1.807, 2.05) is 36.9 Å². The number of para-hydroxylation sites is 1. The number of rotatable bonds is 6. The molecule has 2 aromatic rings. The largest absolute Gasteiger partial charge is 0.486 e. The van der Waals surface area contributed by atoms with E-state index in [9.17, 15) is 0 Å². The number of nitrogens with two attached hydrogens (primary N) is 1. The van der Waals surface area contributed by atoms with Crippen LogP contribution in [0.1, 0.15) is 30.3 Å². The van der Waals surface area contributed by atoms with Crippen LogP contribution in [-0.2, 0) is 20.1 Å². The second-order valence-electron chi connectivity index (χ2n) is 5.29. The molecule has 0 saturated heterocycles. The minimum absolute atomic E-state index is 0.153. The summed E-state index contributed by atoms with van der Waals surface area (Å²) in [5.41, 5.74) is 9.26. The molecule has 2 rings (SSSR count). The van der Waals surface area contributed by atoms with Crippen LogP contribution < -0.4 is 10.5 Å². The number of halogens is 1. The Bertz CT molecular complexity index is 610. The van der Waals surface area contributed by atoms with Crippen LogP contribution in [0.5, 0.6) is 5.75 Å². The first kappa shape index (κ1) is 16.0. The molecule has 1 aromatic carbocycles. The standard InChI is InChI=1S/C16H22BrN3O/c1-4-13(18)9-12-6-5-7-15(17)16(12)21-10-14-8-11(2)19-20(14)3/h5-8,13H,4,9-10,18H2,1-3H3. The highest BCUT2D eigenvalue weighted by Gasteiger charge is 2.12. The topological polar surface area (TPSA) is 53.1 Å². The van der Waals surface area contributed by atoms with Gasteiger partial charge in [-0.3, -0.25) is 4.68 Å². The predicted octanol–water partition coefficient (Wildman–Crippen LogP) is 3.35. The van der Waals surface area contributed by atoms with E-state index in [0.717, 1.165) is 40.0 Å². The lowest BCUT2D eigenvalue weighted by atomic mass is 10.0. The predicted molar refractivity (Wildman–Crippen MR) is 88.4 cm³/mol. The molecular weight excluding hydrogens is 330 g/mol. The maximum Gasteiger partial charge on any atom is 0.137 e. The van der Waals surface area contributed by atoms with Gasteiger partial charge in [0, 0.05) is 13.1 Å². The molecule has 0 radical (unpaired) electrons. The molecule has 1 heterocycles. The molecule has 1 aromatic heterocycles. The number of aryl methyl sites for hydroxylation is 2. The minimum atomic E-state index is 0.153. The van der Waals surface area contributed by atoms with Gasteiger partial charge in [-0.05, 0) is 53.4 Å². The smallest absolute Gasteiger partial charge is 0.137 e. The van der Waals surface area contributed by atoms with Crippen LogP contribution in [0.25, 0.3) is 0 Å². The third-order valence-corrected chi connectivity index (χ3v) is 4.14. The Morgan fingerprint density at radius 2 is 2.19 bits per heavy atom. The maximum atomic E-state index is 6.07. The fraction of sp³-hybridized carbons (Fsp3) is 0.438. The summed E-state index contributed by atoms with van der Waals surface area (Å²) in [6.07, 6.45) is 1.77. The fourth-order valence-electron chi connectivity index (χ4n) is 2.25. The van der Waals surface area contributed by atoms with Gasteiger partial charge in [-0.15, -0.1) is 0 Å². The number of benzene rings is 1. The summed E-state index contributed by atoms with van der Waals surface area (Å²) >= 11 is 3.57. The molecule has 0 aliphatic rings. The van der Waals surface area contributed by atoms with Gasteiger partial charge in [0.1, 0.15) is 12.4 Å². The molecule has 0 bridgehead atoms. The number of aromatic nitrogens is 2. The first-order valence-corrected chi connectivity index (χ1v) is 7.95. The monoisotopic (exact) mass is 351 g/mol. The van der Waals surface area contributed by atoms with Crippen molar-refractivity contribution >= 4 is 15.9 Å². The highest BCUT2D eigenvalue weighted by Crippen LogP contribution is 2.30. The first-order valence-electron chi connectivity index (χ1n) is 7.16. The number of ether oxygens (including phenoxy) is 1. The molecule has 114 valence electrons. The van der Waals surface area contributed by atoms with Crippen molar-refractivity contribution in [2.75, 3.05) is 0 Å². The van der Waals surface area contributed by atoms with Gasteiger partial charge in [0.25, 0.3) is 0 Å². The van der Waals surface area contributed by atoms with E-state index in [2.05, 4.69) is 34.0 Å². The number of hydrogen-bond acceptors (Lipinski definition) is 3. The van der Waals surface area contributed by atoms with Crippen LogP contribution in [0.4, 0.5) is 0 Å². The van der Waals surface area contributed by atoms with Crippen LogP contribution in [0.2, 0.25) is 0 Å². The van der Waals surface area contributed by atoms with E-state index < -0.39 is 0 Å². The van der Waals surface area contributed by atoms with E-state index >= 15 is 0 Å². The van der Waals surface area contributed by atoms with Gasteiger partial charge in [-0.1, -0.05) is 19.1 Å².